The molecule has 4 rings (SSSR count). The third kappa shape index (κ3) is 13.1. The summed E-state index contributed by atoms with van der Waals surface area (Å²) in [5.74, 6) is 1.96. The first kappa shape index (κ1) is 34.2. The van der Waals surface area contributed by atoms with E-state index < -0.39 is 0 Å². The van der Waals surface area contributed by atoms with E-state index >= 15 is 0 Å². The summed E-state index contributed by atoms with van der Waals surface area (Å²) < 4.78 is 5.35. The van der Waals surface area contributed by atoms with Crippen LogP contribution in [-0.4, -0.2) is 51.0 Å². The van der Waals surface area contributed by atoms with Crippen LogP contribution in [0.4, 0.5) is 0 Å². The van der Waals surface area contributed by atoms with E-state index in [9.17, 15) is 0 Å². The van der Waals surface area contributed by atoms with Gasteiger partial charge in [-0.2, -0.15) is 0 Å². The Bertz CT molecular complexity index is 378. The highest BCUT2D eigenvalue weighted by molar-refractivity contribution is 5.84. The quantitative estimate of drug-likeness (QED) is 0.392. The van der Waals surface area contributed by atoms with E-state index in [2.05, 4.69) is 16.9 Å². The molecule has 0 aromatic rings. The van der Waals surface area contributed by atoms with Crippen LogP contribution in [-0.2, 0) is 4.74 Å². The summed E-state index contributed by atoms with van der Waals surface area (Å²) >= 11 is 0. The Morgan fingerprint density at radius 1 is 0.767 bits per heavy atom. The molecule has 0 amide bonds. The minimum atomic E-state index is 0. The predicted molar refractivity (Wildman–Crippen MR) is 140 cm³/mol. The Balaban J connectivity index is -0.000000342. The van der Waals surface area contributed by atoms with Gasteiger partial charge in [-0.25, -0.2) is 0 Å². The fourth-order valence-electron chi connectivity index (χ4n) is 5.06. The van der Waals surface area contributed by atoms with Crippen molar-refractivity contribution in [1.29, 1.82) is 0 Å². The molecule has 0 N–H and O–H groups in total. The molecule has 4 aliphatic rings. The number of likely N-dealkylation sites (tertiary alicyclic amines) is 1. The van der Waals surface area contributed by atoms with Gasteiger partial charge in [0.25, 0.3) is 0 Å². The summed E-state index contributed by atoms with van der Waals surface area (Å²) in [4.78, 5) is 6.65. The van der Waals surface area contributed by atoms with Crippen molar-refractivity contribution < 1.29 is 4.74 Å². The molecule has 3 heteroatoms. The van der Waals surface area contributed by atoms with Crippen molar-refractivity contribution in [3.63, 3.8) is 0 Å². The molecule has 30 heavy (non-hydrogen) atoms. The molecule has 3 nitrogen and oxygen atoms in total. The lowest BCUT2D eigenvalue weighted by Crippen LogP contribution is -2.18. The van der Waals surface area contributed by atoms with Gasteiger partial charge in [-0.05, 0) is 96.2 Å². The maximum Gasteiger partial charge on any atom is 0.0602 e. The van der Waals surface area contributed by atoms with Crippen LogP contribution in [0.25, 0.3) is 0 Å². The zero-order valence-electron chi connectivity index (χ0n) is 17.8. The molecule has 3 unspecified atom stereocenters. The standard InChI is InChI=1S/C8H15N.C8H14O.C7H15N.4CH4/c1-9-8-6-4-2-3-5-7-8;1-9-8-5-6-2-3-7(8)4-6;1-8-6-4-2-3-5-7-8;;;;/h2-7H2,1H3;6-8H,2-5H2,1H3;2-7H2,1H3;4*1H4. The van der Waals surface area contributed by atoms with Gasteiger partial charge in [-0.3, -0.25) is 4.99 Å². The van der Waals surface area contributed by atoms with Crippen molar-refractivity contribution in [3.8, 4) is 0 Å². The van der Waals surface area contributed by atoms with Crippen molar-refractivity contribution in [3.05, 3.63) is 0 Å². The SMILES string of the molecule is C.C.C.C.CN1CCCCCC1.CN=C1CCCCCC1.COC1CC2CCC1C2. The van der Waals surface area contributed by atoms with Crippen molar-refractivity contribution in [2.75, 3.05) is 34.3 Å². The molecule has 1 heterocycles. The molecule has 4 fully saturated rings. The number of hydrogen-bond acceptors (Lipinski definition) is 3. The molecule has 1 aliphatic heterocycles. The Hall–Kier alpha value is -0.410. The average molecular weight is 429 g/mol. The molecule has 3 aliphatic carbocycles. The lowest BCUT2D eigenvalue weighted by Gasteiger charge is -2.19. The molecule has 1 saturated heterocycles. The van der Waals surface area contributed by atoms with Gasteiger partial charge in [-0.1, -0.05) is 55.4 Å². The molecule has 2 bridgehead atoms. The number of hydrogen-bond donors (Lipinski definition) is 0. The van der Waals surface area contributed by atoms with Gasteiger partial charge in [0.1, 0.15) is 0 Å². The van der Waals surface area contributed by atoms with Crippen molar-refractivity contribution in [1.82, 2.24) is 4.90 Å². The van der Waals surface area contributed by atoms with E-state index in [0.717, 1.165) is 11.8 Å². The van der Waals surface area contributed by atoms with Gasteiger partial charge in [-0.15, -0.1) is 0 Å². The Morgan fingerprint density at radius 3 is 1.67 bits per heavy atom. The van der Waals surface area contributed by atoms with E-state index in [1.165, 1.54) is 109 Å². The van der Waals surface area contributed by atoms with E-state index in [4.69, 9.17) is 4.74 Å². The van der Waals surface area contributed by atoms with Gasteiger partial charge in [0.05, 0.1) is 6.10 Å². The molecule has 0 aromatic heterocycles. The van der Waals surface area contributed by atoms with Crippen molar-refractivity contribution in [2.24, 2.45) is 16.8 Å². The lowest BCUT2D eigenvalue weighted by atomic mass is 9.98. The maximum atomic E-state index is 5.35. The lowest BCUT2D eigenvalue weighted by molar-refractivity contribution is 0.0572. The highest BCUT2D eigenvalue weighted by Crippen LogP contribution is 2.45. The van der Waals surface area contributed by atoms with Gasteiger partial charge < -0.3 is 9.64 Å². The average Bonchev–Trinajstić information content (AvgIpc) is 3.08. The van der Waals surface area contributed by atoms with Crippen LogP contribution in [0.5, 0.6) is 0 Å². The summed E-state index contributed by atoms with van der Waals surface area (Å²) in [6.07, 6.45) is 20.2. The van der Waals surface area contributed by atoms with Crippen LogP contribution in [0.3, 0.4) is 0 Å². The molecule has 0 radical (unpaired) electrons. The number of rotatable bonds is 1. The fourth-order valence-corrected chi connectivity index (χ4v) is 5.06. The second-order valence-corrected chi connectivity index (χ2v) is 8.87. The van der Waals surface area contributed by atoms with Crippen LogP contribution < -0.4 is 0 Å². The third-order valence-electron chi connectivity index (χ3n) is 6.80. The van der Waals surface area contributed by atoms with Gasteiger partial charge in [0, 0.05) is 19.9 Å². The van der Waals surface area contributed by atoms with E-state index in [1.807, 2.05) is 14.2 Å². The number of fused-ring (bicyclic) bond motifs is 2. The van der Waals surface area contributed by atoms with Crippen LogP contribution in [0, 0.1) is 11.8 Å². The molecule has 3 saturated carbocycles. The Labute approximate surface area is 192 Å². The van der Waals surface area contributed by atoms with Crippen LogP contribution in [0.15, 0.2) is 4.99 Å². The van der Waals surface area contributed by atoms with Gasteiger partial charge >= 0.3 is 0 Å². The smallest absolute Gasteiger partial charge is 0.0602 e. The first-order valence-corrected chi connectivity index (χ1v) is 11.4. The second-order valence-electron chi connectivity index (χ2n) is 8.87. The second kappa shape index (κ2) is 20.5. The van der Waals surface area contributed by atoms with Crippen molar-refractivity contribution in [2.45, 2.75) is 126 Å². The molecule has 3 atom stereocenters. The molecule has 184 valence electrons. The van der Waals surface area contributed by atoms with E-state index in [-0.39, 0.29) is 29.7 Å². The third-order valence-corrected chi connectivity index (χ3v) is 6.80. The van der Waals surface area contributed by atoms with E-state index in [1.54, 1.807) is 0 Å². The van der Waals surface area contributed by atoms with Crippen LogP contribution >= 0.6 is 0 Å². The normalized spacial score (nSPS) is 27.6. The van der Waals surface area contributed by atoms with Gasteiger partial charge in [0.15, 0.2) is 0 Å². The first-order valence-electron chi connectivity index (χ1n) is 11.4. The topological polar surface area (TPSA) is 24.8 Å². The summed E-state index contributed by atoms with van der Waals surface area (Å²) in [5, 5.41) is 0. The summed E-state index contributed by atoms with van der Waals surface area (Å²) in [6.45, 7) is 2.64. The maximum absolute atomic E-state index is 5.35. The largest absolute Gasteiger partial charge is 0.381 e. The Kier molecular flexibility index (Phi) is 23.4. The molecular weight excluding hydrogens is 368 g/mol. The highest BCUT2D eigenvalue weighted by atomic mass is 16.5. The van der Waals surface area contributed by atoms with Crippen LogP contribution in [0.2, 0.25) is 0 Å². The fraction of sp³-hybridized carbons (Fsp3) is 0.963. The highest BCUT2D eigenvalue weighted by Gasteiger charge is 2.39. The van der Waals surface area contributed by atoms with E-state index in [0.29, 0.717) is 6.10 Å². The predicted octanol–water partition coefficient (Wildman–Crippen LogP) is 8.27. The first-order chi connectivity index (χ1) is 12.7. The number of nitrogens with zero attached hydrogens (tertiary/aromatic N) is 2. The molecule has 0 spiro atoms. The number of ether oxygens (including phenoxy) is 1. The van der Waals surface area contributed by atoms with Gasteiger partial charge in [0.2, 0.25) is 0 Å². The number of methoxy groups -OCH3 is 1. The summed E-state index contributed by atoms with van der Waals surface area (Å²) in [7, 11) is 5.98. The number of aliphatic imine (C=N–C) groups is 1. The Morgan fingerprint density at radius 2 is 1.30 bits per heavy atom. The molecule has 0 aromatic carbocycles. The monoisotopic (exact) mass is 428 g/mol. The van der Waals surface area contributed by atoms with Crippen molar-refractivity contribution >= 4 is 5.71 Å². The minimum absolute atomic E-state index is 0. The van der Waals surface area contributed by atoms with Crippen LogP contribution in [0.1, 0.15) is 120 Å². The zero-order chi connectivity index (χ0) is 18.6. The minimum Gasteiger partial charge on any atom is -0.381 e. The zero-order valence-corrected chi connectivity index (χ0v) is 17.8. The summed E-state index contributed by atoms with van der Waals surface area (Å²) in [6, 6.07) is 0. The summed E-state index contributed by atoms with van der Waals surface area (Å²) in [5.41, 5.74) is 1.44. The molecular formula is C27H60N2O.